The summed E-state index contributed by atoms with van der Waals surface area (Å²) < 4.78 is 31.3. The third-order valence-electron chi connectivity index (χ3n) is 3.26. The zero-order valence-electron chi connectivity index (χ0n) is 11.6. The van der Waals surface area contributed by atoms with E-state index in [0.29, 0.717) is 16.5 Å². The molecule has 0 spiro atoms. The molecule has 23 heavy (non-hydrogen) atoms. The molecule has 0 aliphatic rings. The van der Waals surface area contributed by atoms with Crippen LogP contribution in [0.25, 0.3) is 11.0 Å². The standard InChI is InChI=1S/C17H9BrO4S/c1-2-11-4-3-5-14(8-11)23(20,21)16-10-12-9-13(18)6-7-15(12)22-17(16)19/h1,3-10H. The minimum absolute atomic E-state index is 0.0467. The summed E-state index contributed by atoms with van der Waals surface area (Å²) in [7, 11) is -4.02. The Morgan fingerprint density at radius 3 is 2.61 bits per heavy atom. The summed E-state index contributed by atoms with van der Waals surface area (Å²) in [5.41, 5.74) is -0.181. The second kappa shape index (κ2) is 5.69. The van der Waals surface area contributed by atoms with Crippen LogP contribution in [0.3, 0.4) is 0 Å². The molecular formula is C17H9BrO4S. The van der Waals surface area contributed by atoms with E-state index in [4.69, 9.17) is 10.8 Å². The first kappa shape index (κ1) is 15.5. The summed E-state index contributed by atoms with van der Waals surface area (Å²) in [6.07, 6.45) is 5.29. The number of benzene rings is 2. The van der Waals surface area contributed by atoms with Crippen molar-refractivity contribution in [1.82, 2.24) is 0 Å². The molecule has 0 bridgehead atoms. The Morgan fingerprint density at radius 2 is 1.87 bits per heavy atom. The van der Waals surface area contributed by atoms with Gasteiger partial charge in [0.1, 0.15) is 5.58 Å². The van der Waals surface area contributed by atoms with Crippen LogP contribution in [0, 0.1) is 12.3 Å². The van der Waals surface area contributed by atoms with Crippen LogP contribution in [0.1, 0.15) is 5.56 Å². The van der Waals surface area contributed by atoms with Gasteiger partial charge in [-0.15, -0.1) is 6.42 Å². The van der Waals surface area contributed by atoms with Gasteiger partial charge in [-0.2, -0.15) is 0 Å². The maximum Gasteiger partial charge on any atom is 0.355 e. The number of fused-ring (bicyclic) bond motifs is 1. The lowest BCUT2D eigenvalue weighted by Crippen LogP contribution is -2.14. The van der Waals surface area contributed by atoms with Crippen molar-refractivity contribution in [3.05, 3.63) is 69.0 Å². The molecule has 1 aromatic heterocycles. The molecule has 0 radical (unpaired) electrons. The average Bonchev–Trinajstić information content (AvgIpc) is 2.54. The van der Waals surface area contributed by atoms with Crippen molar-refractivity contribution >= 4 is 36.7 Å². The molecule has 0 atom stereocenters. The van der Waals surface area contributed by atoms with Crippen molar-refractivity contribution in [2.45, 2.75) is 9.79 Å². The van der Waals surface area contributed by atoms with Gasteiger partial charge >= 0.3 is 5.63 Å². The van der Waals surface area contributed by atoms with E-state index in [1.807, 2.05) is 0 Å². The Kier molecular flexibility index (Phi) is 3.84. The van der Waals surface area contributed by atoms with Gasteiger partial charge in [0.25, 0.3) is 0 Å². The molecule has 6 heteroatoms. The van der Waals surface area contributed by atoms with E-state index < -0.39 is 20.4 Å². The summed E-state index contributed by atoms with van der Waals surface area (Å²) in [6, 6.07) is 12.2. The van der Waals surface area contributed by atoms with Crippen LogP contribution in [-0.2, 0) is 9.84 Å². The molecule has 0 amide bonds. The number of halogens is 1. The first-order valence-electron chi connectivity index (χ1n) is 6.47. The number of rotatable bonds is 2. The van der Waals surface area contributed by atoms with E-state index >= 15 is 0 Å². The second-order valence-electron chi connectivity index (χ2n) is 4.76. The highest BCUT2D eigenvalue weighted by Crippen LogP contribution is 2.24. The molecule has 0 aliphatic carbocycles. The summed E-state index contributed by atoms with van der Waals surface area (Å²) in [5.74, 6) is 2.37. The molecule has 0 fully saturated rings. The molecule has 3 rings (SSSR count). The Labute approximate surface area is 140 Å². The number of hydrogen-bond acceptors (Lipinski definition) is 4. The minimum Gasteiger partial charge on any atom is -0.422 e. The van der Waals surface area contributed by atoms with Crippen molar-refractivity contribution in [2.75, 3.05) is 0 Å². The monoisotopic (exact) mass is 388 g/mol. The van der Waals surface area contributed by atoms with Gasteiger partial charge in [0.05, 0.1) is 4.90 Å². The summed E-state index contributed by atoms with van der Waals surface area (Å²) in [4.78, 5) is 11.6. The third kappa shape index (κ3) is 2.81. The highest BCUT2D eigenvalue weighted by Gasteiger charge is 2.23. The highest BCUT2D eigenvalue weighted by atomic mass is 79.9. The van der Waals surface area contributed by atoms with Gasteiger partial charge in [0.2, 0.25) is 9.84 Å². The van der Waals surface area contributed by atoms with Gasteiger partial charge < -0.3 is 4.42 Å². The summed E-state index contributed by atoms with van der Waals surface area (Å²) >= 11 is 3.30. The molecule has 0 N–H and O–H groups in total. The predicted octanol–water partition coefficient (Wildman–Crippen LogP) is 3.37. The quantitative estimate of drug-likeness (QED) is 0.498. The van der Waals surface area contributed by atoms with Crippen LogP contribution in [0.2, 0.25) is 0 Å². The molecule has 0 aliphatic heterocycles. The smallest absolute Gasteiger partial charge is 0.355 e. The highest BCUT2D eigenvalue weighted by molar-refractivity contribution is 9.10. The zero-order valence-corrected chi connectivity index (χ0v) is 14.0. The molecule has 3 aromatic rings. The van der Waals surface area contributed by atoms with E-state index in [2.05, 4.69) is 21.9 Å². The first-order chi connectivity index (χ1) is 10.9. The van der Waals surface area contributed by atoms with Gasteiger partial charge in [-0.1, -0.05) is 27.9 Å². The maximum absolute atomic E-state index is 12.7. The van der Waals surface area contributed by atoms with Crippen LogP contribution in [0.5, 0.6) is 0 Å². The van der Waals surface area contributed by atoms with E-state index in [9.17, 15) is 13.2 Å². The van der Waals surface area contributed by atoms with E-state index in [1.54, 1.807) is 24.3 Å². The van der Waals surface area contributed by atoms with E-state index in [-0.39, 0.29) is 4.90 Å². The fourth-order valence-corrected chi connectivity index (χ4v) is 3.86. The van der Waals surface area contributed by atoms with Crippen LogP contribution in [0.4, 0.5) is 0 Å². The van der Waals surface area contributed by atoms with Gasteiger partial charge in [0.15, 0.2) is 4.90 Å². The second-order valence-corrected chi connectivity index (χ2v) is 7.59. The molecule has 0 saturated carbocycles. The summed E-state index contributed by atoms with van der Waals surface area (Å²) in [5, 5.41) is 0.505. The number of terminal acetylenes is 1. The predicted molar refractivity (Wildman–Crippen MR) is 90.0 cm³/mol. The zero-order chi connectivity index (χ0) is 16.6. The van der Waals surface area contributed by atoms with Crippen LogP contribution < -0.4 is 5.63 Å². The Morgan fingerprint density at radius 1 is 1.09 bits per heavy atom. The van der Waals surface area contributed by atoms with Crippen LogP contribution in [-0.4, -0.2) is 8.42 Å². The molecule has 2 aromatic carbocycles. The molecule has 4 nitrogen and oxygen atoms in total. The van der Waals surface area contributed by atoms with Crippen LogP contribution >= 0.6 is 15.9 Å². The Bertz CT molecular complexity index is 1120. The maximum atomic E-state index is 12.7. The number of sulfone groups is 1. The molecule has 0 saturated heterocycles. The molecule has 0 unspecified atom stereocenters. The van der Waals surface area contributed by atoms with Crippen molar-refractivity contribution in [2.24, 2.45) is 0 Å². The van der Waals surface area contributed by atoms with E-state index in [0.717, 1.165) is 4.47 Å². The van der Waals surface area contributed by atoms with Gasteiger partial charge in [0, 0.05) is 15.4 Å². The van der Waals surface area contributed by atoms with Gasteiger partial charge in [-0.05, 0) is 42.5 Å². The lowest BCUT2D eigenvalue weighted by atomic mass is 10.2. The molecular weight excluding hydrogens is 380 g/mol. The minimum atomic E-state index is -4.02. The fraction of sp³-hybridized carbons (Fsp3) is 0. The lowest BCUT2D eigenvalue weighted by Gasteiger charge is -2.05. The Balaban J connectivity index is 2.28. The Hall–Kier alpha value is -2.36. The van der Waals surface area contributed by atoms with Crippen molar-refractivity contribution in [3.63, 3.8) is 0 Å². The van der Waals surface area contributed by atoms with Crippen molar-refractivity contribution in [3.8, 4) is 12.3 Å². The molecule has 114 valence electrons. The fourth-order valence-electron chi connectivity index (χ4n) is 2.14. The van der Waals surface area contributed by atoms with Crippen molar-refractivity contribution < 1.29 is 12.8 Å². The first-order valence-corrected chi connectivity index (χ1v) is 8.74. The lowest BCUT2D eigenvalue weighted by molar-refractivity contribution is 0.532. The number of hydrogen-bond donors (Lipinski definition) is 0. The largest absolute Gasteiger partial charge is 0.422 e. The normalized spacial score (nSPS) is 11.3. The SMILES string of the molecule is C#Cc1cccc(S(=O)(=O)c2cc3cc(Br)ccc3oc2=O)c1. The average molecular weight is 389 g/mol. The van der Waals surface area contributed by atoms with Gasteiger partial charge in [-0.25, -0.2) is 13.2 Å². The van der Waals surface area contributed by atoms with Crippen LogP contribution in [0.15, 0.2) is 72.0 Å². The van der Waals surface area contributed by atoms with E-state index in [1.165, 1.54) is 24.3 Å². The molecule has 1 heterocycles. The third-order valence-corrected chi connectivity index (χ3v) is 5.49. The summed E-state index contributed by atoms with van der Waals surface area (Å²) in [6.45, 7) is 0. The topological polar surface area (TPSA) is 64.3 Å². The van der Waals surface area contributed by atoms with Gasteiger partial charge in [-0.3, -0.25) is 0 Å². The van der Waals surface area contributed by atoms with Crippen molar-refractivity contribution in [1.29, 1.82) is 0 Å².